The van der Waals surface area contributed by atoms with Crippen molar-refractivity contribution < 1.29 is 9.90 Å². The van der Waals surface area contributed by atoms with Crippen LogP contribution in [-0.2, 0) is 4.79 Å². The molecule has 2 fully saturated rings. The van der Waals surface area contributed by atoms with Crippen molar-refractivity contribution in [1.29, 1.82) is 0 Å². The van der Waals surface area contributed by atoms with E-state index >= 15 is 0 Å². The molecule has 0 aromatic rings. The van der Waals surface area contributed by atoms with Crippen molar-refractivity contribution in [1.82, 2.24) is 10.6 Å². The van der Waals surface area contributed by atoms with Crippen LogP contribution in [0.5, 0.6) is 0 Å². The summed E-state index contributed by atoms with van der Waals surface area (Å²) in [5.74, 6) is 1.12. The van der Waals surface area contributed by atoms with E-state index in [1.807, 2.05) is 0 Å². The number of hydrogen-bond acceptors (Lipinski definition) is 3. The number of aliphatic hydroxyl groups is 1. The highest BCUT2D eigenvalue weighted by Crippen LogP contribution is 2.25. The summed E-state index contributed by atoms with van der Waals surface area (Å²) >= 11 is 0. The molecule has 3 N–H and O–H groups in total. The molecule has 1 aliphatic carbocycles. The quantitative estimate of drug-likeness (QED) is 0.687. The molecule has 0 spiro atoms. The van der Waals surface area contributed by atoms with Crippen molar-refractivity contribution in [3.63, 3.8) is 0 Å². The predicted molar refractivity (Wildman–Crippen MR) is 71.2 cm³/mol. The molecular formula is C14H26N2O2. The third kappa shape index (κ3) is 3.95. The largest absolute Gasteiger partial charge is 0.396 e. The first-order chi connectivity index (χ1) is 8.79. The lowest BCUT2D eigenvalue weighted by atomic mass is 9.94. The van der Waals surface area contributed by atoms with Gasteiger partial charge >= 0.3 is 0 Å². The summed E-state index contributed by atoms with van der Waals surface area (Å²) in [6.07, 6.45) is 7.33. The summed E-state index contributed by atoms with van der Waals surface area (Å²) in [6, 6.07) is 0.215. The van der Waals surface area contributed by atoms with Crippen LogP contribution < -0.4 is 10.6 Å². The lowest BCUT2D eigenvalue weighted by molar-refractivity contribution is -0.122. The molecule has 1 amide bonds. The molecule has 4 heteroatoms. The Hall–Kier alpha value is -0.610. The van der Waals surface area contributed by atoms with Gasteiger partial charge < -0.3 is 15.7 Å². The number of nitrogens with one attached hydrogen (secondary N) is 2. The highest BCUT2D eigenvalue weighted by Gasteiger charge is 2.27. The first kappa shape index (κ1) is 13.8. The first-order valence-corrected chi connectivity index (χ1v) is 7.40. The van der Waals surface area contributed by atoms with Gasteiger partial charge in [0.05, 0.1) is 0 Å². The highest BCUT2D eigenvalue weighted by molar-refractivity contribution is 5.76. The molecule has 1 heterocycles. The lowest BCUT2D eigenvalue weighted by Crippen LogP contribution is -2.39. The highest BCUT2D eigenvalue weighted by atomic mass is 16.3. The van der Waals surface area contributed by atoms with E-state index in [0.717, 1.165) is 38.8 Å². The first-order valence-electron chi connectivity index (χ1n) is 7.40. The van der Waals surface area contributed by atoms with Gasteiger partial charge in [0.1, 0.15) is 0 Å². The number of piperidine rings is 1. The molecule has 2 aliphatic rings. The maximum atomic E-state index is 11.9. The average Bonchev–Trinajstić information content (AvgIpc) is 2.85. The SMILES string of the molecule is O=C(CCC1CCCNC1)NC1CCCC1CO. The van der Waals surface area contributed by atoms with E-state index in [1.54, 1.807) is 0 Å². The van der Waals surface area contributed by atoms with E-state index in [1.165, 1.54) is 12.8 Å². The van der Waals surface area contributed by atoms with Crippen LogP contribution in [0.15, 0.2) is 0 Å². The second kappa shape index (κ2) is 7.10. The Labute approximate surface area is 110 Å². The lowest BCUT2D eigenvalue weighted by Gasteiger charge is -2.23. The molecule has 2 rings (SSSR count). The maximum Gasteiger partial charge on any atom is 0.220 e. The Morgan fingerprint density at radius 1 is 1.28 bits per heavy atom. The smallest absolute Gasteiger partial charge is 0.220 e. The molecule has 1 aliphatic heterocycles. The van der Waals surface area contributed by atoms with Crippen LogP contribution in [0.4, 0.5) is 0 Å². The Balaban J connectivity index is 1.65. The number of carbonyl (C=O) groups is 1. The summed E-state index contributed by atoms with van der Waals surface area (Å²) in [7, 11) is 0. The molecule has 104 valence electrons. The molecule has 0 aromatic heterocycles. The monoisotopic (exact) mass is 254 g/mol. The van der Waals surface area contributed by atoms with E-state index in [0.29, 0.717) is 12.3 Å². The van der Waals surface area contributed by atoms with E-state index in [-0.39, 0.29) is 24.5 Å². The minimum atomic E-state index is 0.172. The van der Waals surface area contributed by atoms with E-state index in [4.69, 9.17) is 0 Å². The van der Waals surface area contributed by atoms with Gasteiger partial charge in [-0.05, 0) is 51.1 Å². The van der Waals surface area contributed by atoms with E-state index in [9.17, 15) is 9.90 Å². The molecule has 18 heavy (non-hydrogen) atoms. The molecule has 0 bridgehead atoms. The van der Waals surface area contributed by atoms with Crippen LogP contribution >= 0.6 is 0 Å². The van der Waals surface area contributed by atoms with Gasteiger partial charge in [0, 0.05) is 25.0 Å². The predicted octanol–water partition coefficient (Wildman–Crippen LogP) is 1.04. The molecule has 1 saturated heterocycles. The fourth-order valence-electron chi connectivity index (χ4n) is 3.23. The second-order valence-electron chi connectivity index (χ2n) is 5.80. The fourth-order valence-corrected chi connectivity index (χ4v) is 3.23. The zero-order valence-corrected chi connectivity index (χ0v) is 11.2. The molecule has 4 nitrogen and oxygen atoms in total. The average molecular weight is 254 g/mol. The summed E-state index contributed by atoms with van der Waals surface area (Å²) in [4.78, 5) is 11.9. The van der Waals surface area contributed by atoms with E-state index in [2.05, 4.69) is 10.6 Å². The topological polar surface area (TPSA) is 61.4 Å². The zero-order valence-electron chi connectivity index (χ0n) is 11.2. The van der Waals surface area contributed by atoms with Gasteiger partial charge in [0.15, 0.2) is 0 Å². The number of aliphatic hydroxyl groups excluding tert-OH is 1. The molecular weight excluding hydrogens is 228 g/mol. The van der Waals surface area contributed by atoms with Gasteiger partial charge in [0.25, 0.3) is 0 Å². The van der Waals surface area contributed by atoms with Crippen molar-refractivity contribution in [2.24, 2.45) is 11.8 Å². The fraction of sp³-hybridized carbons (Fsp3) is 0.929. The summed E-state index contributed by atoms with van der Waals surface area (Å²) in [5, 5.41) is 15.7. The van der Waals surface area contributed by atoms with Crippen LogP contribution in [0.2, 0.25) is 0 Å². The van der Waals surface area contributed by atoms with E-state index < -0.39 is 0 Å². The Kier molecular flexibility index (Phi) is 5.45. The van der Waals surface area contributed by atoms with Gasteiger partial charge in [-0.25, -0.2) is 0 Å². The van der Waals surface area contributed by atoms with Crippen molar-refractivity contribution in [3.8, 4) is 0 Å². The molecule has 0 aromatic carbocycles. The minimum absolute atomic E-state index is 0.172. The number of hydrogen-bond donors (Lipinski definition) is 3. The minimum Gasteiger partial charge on any atom is -0.396 e. The Morgan fingerprint density at radius 3 is 2.89 bits per heavy atom. The molecule has 1 saturated carbocycles. The van der Waals surface area contributed by atoms with Gasteiger partial charge in [-0.3, -0.25) is 4.79 Å². The van der Waals surface area contributed by atoms with Crippen LogP contribution in [0.3, 0.4) is 0 Å². The molecule has 0 radical (unpaired) electrons. The number of rotatable bonds is 5. The third-order valence-electron chi connectivity index (χ3n) is 4.42. The van der Waals surface area contributed by atoms with Gasteiger partial charge in [-0.1, -0.05) is 6.42 Å². The van der Waals surface area contributed by atoms with Crippen LogP contribution in [0, 0.1) is 11.8 Å². The van der Waals surface area contributed by atoms with Crippen LogP contribution in [-0.4, -0.2) is 36.8 Å². The van der Waals surface area contributed by atoms with Gasteiger partial charge in [0.2, 0.25) is 5.91 Å². The van der Waals surface area contributed by atoms with Crippen molar-refractivity contribution in [2.45, 2.75) is 51.0 Å². The van der Waals surface area contributed by atoms with Crippen molar-refractivity contribution in [3.05, 3.63) is 0 Å². The number of carbonyl (C=O) groups excluding carboxylic acids is 1. The Bertz CT molecular complexity index is 265. The summed E-state index contributed by atoms with van der Waals surface area (Å²) < 4.78 is 0. The standard InChI is InChI=1S/C14H26N2O2/c17-10-12-4-1-5-13(12)16-14(18)7-6-11-3-2-8-15-9-11/h11-13,15,17H,1-10H2,(H,16,18). The number of amides is 1. The van der Waals surface area contributed by atoms with Gasteiger partial charge in [-0.2, -0.15) is 0 Å². The zero-order chi connectivity index (χ0) is 12.8. The van der Waals surface area contributed by atoms with Crippen molar-refractivity contribution in [2.75, 3.05) is 19.7 Å². The normalized spacial score (nSPS) is 32.4. The van der Waals surface area contributed by atoms with Crippen LogP contribution in [0.25, 0.3) is 0 Å². The maximum absolute atomic E-state index is 11.9. The third-order valence-corrected chi connectivity index (χ3v) is 4.42. The molecule has 3 unspecified atom stereocenters. The Morgan fingerprint density at radius 2 is 2.17 bits per heavy atom. The second-order valence-corrected chi connectivity index (χ2v) is 5.80. The van der Waals surface area contributed by atoms with Crippen molar-refractivity contribution >= 4 is 5.91 Å². The summed E-state index contributed by atoms with van der Waals surface area (Å²) in [6.45, 7) is 2.40. The van der Waals surface area contributed by atoms with Gasteiger partial charge in [-0.15, -0.1) is 0 Å². The molecule has 3 atom stereocenters. The summed E-state index contributed by atoms with van der Waals surface area (Å²) in [5.41, 5.74) is 0. The van der Waals surface area contributed by atoms with Crippen LogP contribution in [0.1, 0.15) is 44.9 Å².